The minimum atomic E-state index is -0.758. The average Bonchev–Trinajstić information content (AvgIpc) is 2.53. The Kier molecular flexibility index (Phi) is 4.91. The Morgan fingerprint density at radius 3 is 2.26 bits per heavy atom. The van der Waals surface area contributed by atoms with Gasteiger partial charge in [0.25, 0.3) is 5.69 Å². The Balaban J connectivity index is 2.17. The predicted molar refractivity (Wildman–Crippen MR) is 84.6 cm³/mol. The van der Waals surface area contributed by atoms with Crippen molar-refractivity contribution in [3.05, 3.63) is 67.7 Å². The summed E-state index contributed by atoms with van der Waals surface area (Å²) in [5.41, 5.74) is 4.87. The smallest absolute Gasteiger partial charge is 0.302 e. The number of hydrogen-bond acceptors (Lipinski definition) is 8. The molecule has 0 saturated carbocycles. The minimum Gasteiger partial charge on any atom is -0.303 e. The van der Waals surface area contributed by atoms with Crippen molar-refractivity contribution >= 4 is 34.4 Å². The Morgan fingerprint density at radius 1 is 1.04 bits per heavy atom. The number of nitrogens with one attached hydrogen (secondary N) is 2. The van der Waals surface area contributed by atoms with Crippen molar-refractivity contribution in [3.8, 4) is 0 Å². The maximum atomic E-state index is 11.1. The summed E-state index contributed by atoms with van der Waals surface area (Å²) in [5.74, 6) is 5.70. The van der Waals surface area contributed by atoms with Crippen LogP contribution in [0, 0.1) is 20.2 Å². The summed E-state index contributed by atoms with van der Waals surface area (Å²) in [6, 6.07) is 9.72. The molecule has 2 aromatic carbocycles. The van der Waals surface area contributed by atoms with E-state index < -0.39 is 21.2 Å². The van der Waals surface area contributed by atoms with Gasteiger partial charge in [0.1, 0.15) is 5.69 Å². The van der Waals surface area contributed by atoms with Crippen LogP contribution in [-0.4, -0.2) is 9.85 Å². The molecule has 0 spiro atoms. The van der Waals surface area contributed by atoms with Crippen LogP contribution in [0.2, 0.25) is 5.02 Å². The molecule has 0 aliphatic heterocycles. The van der Waals surface area contributed by atoms with Crippen LogP contribution in [-0.2, 0) is 0 Å². The molecule has 0 radical (unpaired) electrons. The van der Waals surface area contributed by atoms with E-state index in [-0.39, 0.29) is 5.69 Å². The van der Waals surface area contributed by atoms with E-state index in [2.05, 4.69) is 11.0 Å². The summed E-state index contributed by atoms with van der Waals surface area (Å²) >= 11 is 5.75. The van der Waals surface area contributed by atoms with Crippen LogP contribution in [0.3, 0.4) is 0 Å². The highest BCUT2D eigenvalue weighted by Gasteiger charge is 2.22. The van der Waals surface area contributed by atoms with Crippen molar-refractivity contribution in [1.82, 2.24) is 5.53 Å². The van der Waals surface area contributed by atoms with E-state index in [9.17, 15) is 20.2 Å². The Morgan fingerprint density at radius 2 is 1.70 bits per heavy atom. The van der Waals surface area contributed by atoms with Crippen LogP contribution in [0.15, 0.2) is 42.5 Å². The van der Waals surface area contributed by atoms with Gasteiger partial charge in [0.05, 0.1) is 21.6 Å². The zero-order valence-corrected chi connectivity index (χ0v) is 12.2. The van der Waals surface area contributed by atoms with E-state index in [1.54, 1.807) is 24.3 Å². The molecule has 0 fully saturated rings. The Bertz CT molecular complexity index is 739. The molecule has 0 saturated heterocycles. The number of nitro benzene ring substituents is 2. The van der Waals surface area contributed by atoms with E-state index in [0.29, 0.717) is 10.7 Å². The molecule has 0 amide bonds. The van der Waals surface area contributed by atoms with Gasteiger partial charge in [-0.3, -0.25) is 20.2 Å². The van der Waals surface area contributed by atoms with Gasteiger partial charge in [-0.05, 0) is 30.3 Å². The molecule has 11 heteroatoms. The van der Waals surface area contributed by atoms with Gasteiger partial charge in [0, 0.05) is 11.1 Å². The lowest BCUT2D eigenvalue weighted by molar-refractivity contribution is -0.393. The summed E-state index contributed by atoms with van der Waals surface area (Å²) in [5, 5.41) is 23.1. The Hall–Kier alpha value is -2.95. The van der Waals surface area contributed by atoms with Gasteiger partial charge >= 0.3 is 5.69 Å². The first-order chi connectivity index (χ1) is 10.9. The standard InChI is InChI=1S/C12H11ClN6O4/c13-8-1-3-9(4-2-8)15-16-17(14)11-6-5-10(18(20)21)7-12(11)19(22)23/h1-7,15-16H,14H2. The number of anilines is 2. The average molecular weight is 339 g/mol. The predicted octanol–water partition coefficient (Wildman–Crippen LogP) is 2.37. The molecule has 0 heterocycles. The van der Waals surface area contributed by atoms with Crippen LogP contribution >= 0.6 is 11.6 Å². The molecule has 0 aromatic heterocycles. The highest BCUT2D eigenvalue weighted by Crippen LogP contribution is 2.30. The van der Waals surface area contributed by atoms with Crippen LogP contribution in [0.5, 0.6) is 0 Å². The highest BCUT2D eigenvalue weighted by atomic mass is 35.5. The number of benzene rings is 2. The minimum absolute atomic E-state index is 0.0536. The lowest BCUT2D eigenvalue weighted by Crippen LogP contribution is -2.47. The fourth-order valence-corrected chi connectivity index (χ4v) is 1.82. The maximum absolute atomic E-state index is 11.1. The van der Waals surface area contributed by atoms with Crippen molar-refractivity contribution < 1.29 is 9.85 Å². The molecule has 0 aliphatic rings. The zero-order chi connectivity index (χ0) is 17.0. The number of halogens is 1. The number of nitrogens with two attached hydrogens (primary N) is 1. The van der Waals surface area contributed by atoms with Crippen molar-refractivity contribution in [2.75, 3.05) is 10.5 Å². The van der Waals surface area contributed by atoms with Crippen LogP contribution < -0.4 is 21.9 Å². The van der Waals surface area contributed by atoms with E-state index in [0.717, 1.165) is 17.3 Å². The molecule has 120 valence electrons. The number of nitro groups is 2. The second-order valence-electron chi connectivity index (χ2n) is 4.30. The Labute approximate surface area is 134 Å². The van der Waals surface area contributed by atoms with Gasteiger partial charge in [-0.1, -0.05) is 11.6 Å². The summed E-state index contributed by atoms with van der Waals surface area (Å²) in [4.78, 5) is 20.3. The summed E-state index contributed by atoms with van der Waals surface area (Å²) < 4.78 is 0. The van der Waals surface area contributed by atoms with Crippen molar-refractivity contribution in [2.45, 2.75) is 0 Å². The maximum Gasteiger partial charge on any atom is 0.302 e. The number of rotatable bonds is 6. The first kappa shape index (κ1) is 16.4. The molecule has 0 bridgehead atoms. The van der Waals surface area contributed by atoms with Gasteiger partial charge in [-0.15, -0.1) is 5.53 Å². The van der Waals surface area contributed by atoms with Gasteiger partial charge in [0.2, 0.25) is 0 Å². The molecule has 10 nitrogen and oxygen atoms in total. The SMILES string of the molecule is NN(NNc1ccc(Cl)cc1)c1ccc([N+](=O)[O-])cc1[N+](=O)[O-]. The summed E-state index contributed by atoms with van der Waals surface area (Å²) in [6.07, 6.45) is 0. The summed E-state index contributed by atoms with van der Waals surface area (Å²) in [6.45, 7) is 0. The fourth-order valence-electron chi connectivity index (χ4n) is 1.69. The first-order valence-electron chi connectivity index (χ1n) is 6.13. The van der Waals surface area contributed by atoms with Crippen LogP contribution in [0.1, 0.15) is 0 Å². The molecule has 2 aromatic rings. The van der Waals surface area contributed by atoms with Gasteiger partial charge in [-0.2, -0.15) is 0 Å². The molecular formula is C12H11ClN6O4. The normalized spacial score (nSPS) is 10.2. The number of hydrazine groups is 3. The molecule has 0 unspecified atom stereocenters. The van der Waals surface area contributed by atoms with Crippen molar-refractivity contribution in [3.63, 3.8) is 0 Å². The molecule has 0 aliphatic carbocycles. The van der Waals surface area contributed by atoms with E-state index >= 15 is 0 Å². The molecule has 0 atom stereocenters. The first-order valence-corrected chi connectivity index (χ1v) is 6.51. The van der Waals surface area contributed by atoms with Crippen molar-refractivity contribution in [1.29, 1.82) is 0 Å². The largest absolute Gasteiger partial charge is 0.303 e. The number of nitrogens with zero attached hydrogens (tertiary/aromatic N) is 3. The second-order valence-corrected chi connectivity index (χ2v) is 4.74. The van der Waals surface area contributed by atoms with Crippen LogP contribution in [0.25, 0.3) is 0 Å². The fraction of sp³-hybridized carbons (Fsp3) is 0. The monoisotopic (exact) mass is 338 g/mol. The molecular weight excluding hydrogens is 328 g/mol. The number of hydrogen-bond donors (Lipinski definition) is 3. The lowest BCUT2D eigenvalue weighted by Gasteiger charge is -2.20. The van der Waals surface area contributed by atoms with Crippen LogP contribution in [0.4, 0.5) is 22.7 Å². The van der Waals surface area contributed by atoms with Crippen molar-refractivity contribution in [2.24, 2.45) is 5.84 Å². The second kappa shape index (κ2) is 6.87. The number of non-ortho nitro benzene ring substituents is 1. The highest BCUT2D eigenvalue weighted by molar-refractivity contribution is 6.30. The van der Waals surface area contributed by atoms with E-state index in [1.165, 1.54) is 6.07 Å². The summed E-state index contributed by atoms with van der Waals surface area (Å²) in [7, 11) is 0. The topological polar surface area (TPSA) is 140 Å². The third-order valence-electron chi connectivity index (χ3n) is 2.79. The van der Waals surface area contributed by atoms with E-state index in [1.807, 2.05) is 0 Å². The zero-order valence-electron chi connectivity index (χ0n) is 11.5. The van der Waals surface area contributed by atoms with Gasteiger partial charge in [0.15, 0.2) is 0 Å². The van der Waals surface area contributed by atoms with Gasteiger partial charge < -0.3 is 5.43 Å². The quantitative estimate of drug-likeness (QED) is 0.414. The molecule has 2 rings (SSSR count). The third-order valence-corrected chi connectivity index (χ3v) is 3.04. The molecule has 23 heavy (non-hydrogen) atoms. The molecule has 4 N–H and O–H groups in total. The third kappa shape index (κ3) is 4.03. The van der Waals surface area contributed by atoms with Gasteiger partial charge in [-0.25, -0.2) is 11.0 Å². The van der Waals surface area contributed by atoms with E-state index in [4.69, 9.17) is 17.4 Å². The lowest BCUT2D eigenvalue weighted by atomic mass is 10.2.